The maximum absolute atomic E-state index is 13.1. The summed E-state index contributed by atoms with van der Waals surface area (Å²) < 4.78 is 6.66. The molecule has 36 heavy (non-hydrogen) atoms. The monoisotopic (exact) mass is 493 g/mol. The Morgan fingerprint density at radius 1 is 0.944 bits per heavy atom. The van der Waals surface area contributed by atoms with E-state index < -0.39 is 23.5 Å². The van der Waals surface area contributed by atoms with Crippen molar-refractivity contribution in [3.63, 3.8) is 0 Å². The van der Waals surface area contributed by atoms with Crippen LogP contribution in [0.3, 0.4) is 0 Å². The SMILES string of the molecule is CC#CC(C[N+](C)(C)C)(C[N+](C)(C)C)[C@@H](NC(=O)OCC1c2ccccc2-c2ccccc21)C(=O)O. The maximum atomic E-state index is 13.1. The molecule has 2 aromatic rings. The molecule has 7 heteroatoms. The number of quaternary nitrogens is 2. The molecule has 0 fully saturated rings. The Balaban J connectivity index is 1.86. The van der Waals surface area contributed by atoms with E-state index in [0.717, 1.165) is 22.3 Å². The second-order valence-electron chi connectivity index (χ2n) is 11.7. The summed E-state index contributed by atoms with van der Waals surface area (Å²) in [6.07, 6.45) is -0.755. The van der Waals surface area contributed by atoms with Gasteiger partial charge in [0.15, 0.2) is 11.5 Å². The molecule has 0 heterocycles. The minimum atomic E-state index is -1.24. The lowest BCUT2D eigenvalue weighted by Gasteiger charge is -2.42. The molecule has 0 bridgehead atoms. The average molecular weight is 494 g/mol. The van der Waals surface area contributed by atoms with Gasteiger partial charge in [0.05, 0.1) is 42.3 Å². The quantitative estimate of drug-likeness (QED) is 0.415. The Morgan fingerprint density at radius 3 is 1.83 bits per heavy atom. The Kier molecular flexibility index (Phi) is 7.82. The van der Waals surface area contributed by atoms with E-state index >= 15 is 0 Å². The van der Waals surface area contributed by atoms with E-state index in [1.54, 1.807) is 6.92 Å². The highest BCUT2D eigenvalue weighted by molar-refractivity contribution is 5.82. The summed E-state index contributed by atoms with van der Waals surface area (Å²) >= 11 is 0. The van der Waals surface area contributed by atoms with Gasteiger partial charge in [-0.3, -0.25) is 0 Å². The van der Waals surface area contributed by atoms with Gasteiger partial charge in [0.1, 0.15) is 19.7 Å². The third-order valence-corrected chi connectivity index (χ3v) is 6.29. The zero-order valence-corrected chi connectivity index (χ0v) is 22.5. The highest BCUT2D eigenvalue weighted by Crippen LogP contribution is 2.44. The van der Waals surface area contributed by atoms with Crippen LogP contribution in [0.25, 0.3) is 11.1 Å². The number of alkyl carbamates (subject to hydrolysis) is 1. The molecular weight excluding hydrogens is 454 g/mol. The van der Waals surface area contributed by atoms with Gasteiger partial charge in [0, 0.05) is 5.92 Å². The number of carboxylic acids is 1. The van der Waals surface area contributed by atoms with Crippen molar-refractivity contribution < 1.29 is 28.4 Å². The average Bonchev–Trinajstić information content (AvgIpc) is 3.07. The third-order valence-electron chi connectivity index (χ3n) is 6.29. The highest BCUT2D eigenvalue weighted by Gasteiger charge is 2.51. The molecule has 0 radical (unpaired) electrons. The number of amides is 1. The van der Waals surface area contributed by atoms with Crippen LogP contribution in [0.2, 0.25) is 0 Å². The van der Waals surface area contributed by atoms with Gasteiger partial charge in [-0.1, -0.05) is 54.5 Å². The zero-order chi connectivity index (χ0) is 26.7. The fourth-order valence-electron chi connectivity index (χ4n) is 5.52. The van der Waals surface area contributed by atoms with E-state index in [1.165, 1.54) is 0 Å². The first-order valence-corrected chi connectivity index (χ1v) is 12.2. The lowest BCUT2D eigenvalue weighted by molar-refractivity contribution is -0.900. The number of carbonyl (C=O) groups is 2. The summed E-state index contributed by atoms with van der Waals surface area (Å²) in [7, 11) is 12.0. The molecule has 0 aliphatic heterocycles. The number of aliphatic carboxylic acids is 1. The van der Waals surface area contributed by atoms with Crippen molar-refractivity contribution in [3.8, 4) is 23.0 Å². The van der Waals surface area contributed by atoms with Gasteiger partial charge >= 0.3 is 12.1 Å². The van der Waals surface area contributed by atoms with Gasteiger partial charge in [0.2, 0.25) is 0 Å². The smallest absolute Gasteiger partial charge is 0.407 e. The summed E-state index contributed by atoms with van der Waals surface area (Å²) in [6.45, 7) is 2.68. The molecule has 1 atom stereocenters. The van der Waals surface area contributed by atoms with E-state index in [0.29, 0.717) is 22.1 Å². The van der Waals surface area contributed by atoms with Crippen LogP contribution in [-0.4, -0.2) is 94.2 Å². The number of carbonyl (C=O) groups excluding carboxylic acids is 1. The number of rotatable bonds is 9. The second-order valence-corrected chi connectivity index (χ2v) is 11.7. The summed E-state index contributed by atoms with van der Waals surface area (Å²) in [6, 6.07) is 14.9. The van der Waals surface area contributed by atoms with E-state index in [1.807, 2.05) is 78.7 Å². The molecule has 3 rings (SSSR count). The van der Waals surface area contributed by atoms with Crippen molar-refractivity contribution in [3.05, 3.63) is 59.7 Å². The molecule has 2 aromatic carbocycles. The topological polar surface area (TPSA) is 75.6 Å². The number of hydrogen-bond donors (Lipinski definition) is 2. The zero-order valence-electron chi connectivity index (χ0n) is 22.5. The van der Waals surface area contributed by atoms with Crippen LogP contribution < -0.4 is 5.32 Å². The molecule has 1 aliphatic rings. The van der Waals surface area contributed by atoms with Crippen LogP contribution in [-0.2, 0) is 9.53 Å². The van der Waals surface area contributed by atoms with Crippen molar-refractivity contribution in [1.82, 2.24) is 5.32 Å². The molecule has 1 aliphatic carbocycles. The van der Waals surface area contributed by atoms with Crippen molar-refractivity contribution in [1.29, 1.82) is 0 Å². The van der Waals surface area contributed by atoms with Crippen LogP contribution in [0.15, 0.2) is 48.5 Å². The Labute approximate surface area is 214 Å². The van der Waals surface area contributed by atoms with Gasteiger partial charge in [-0.25, -0.2) is 9.59 Å². The van der Waals surface area contributed by atoms with E-state index in [-0.39, 0.29) is 12.5 Å². The van der Waals surface area contributed by atoms with Gasteiger partial charge < -0.3 is 24.1 Å². The minimum absolute atomic E-state index is 0.107. The first kappa shape index (κ1) is 27.3. The number of benzene rings is 2. The third kappa shape index (κ3) is 6.26. The van der Waals surface area contributed by atoms with Crippen LogP contribution >= 0.6 is 0 Å². The Morgan fingerprint density at radius 2 is 1.42 bits per heavy atom. The Bertz CT molecular complexity index is 1120. The lowest BCUT2D eigenvalue weighted by Crippen LogP contribution is -2.64. The van der Waals surface area contributed by atoms with Crippen molar-refractivity contribution in [2.45, 2.75) is 18.9 Å². The predicted octanol–water partition coefficient (Wildman–Crippen LogP) is 3.40. The van der Waals surface area contributed by atoms with Gasteiger partial charge in [-0.15, -0.1) is 5.92 Å². The van der Waals surface area contributed by atoms with Gasteiger partial charge in [-0.2, -0.15) is 0 Å². The van der Waals surface area contributed by atoms with Crippen LogP contribution in [0.5, 0.6) is 0 Å². The summed E-state index contributed by atoms with van der Waals surface area (Å²) in [5.74, 6) is 4.88. The largest absolute Gasteiger partial charge is 0.480 e. The highest BCUT2D eigenvalue weighted by atomic mass is 16.5. The number of nitrogens with zero attached hydrogens (tertiary/aromatic N) is 2. The fourth-order valence-corrected chi connectivity index (χ4v) is 5.52. The van der Waals surface area contributed by atoms with Crippen molar-refractivity contribution >= 4 is 12.1 Å². The van der Waals surface area contributed by atoms with Crippen LogP contribution in [0, 0.1) is 17.3 Å². The summed E-state index contributed by atoms with van der Waals surface area (Å²) in [5, 5.41) is 12.9. The number of ether oxygens (including phenoxy) is 1. The molecule has 192 valence electrons. The number of hydrogen-bond acceptors (Lipinski definition) is 3. The van der Waals surface area contributed by atoms with E-state index in [4.69, 9.17) is 4.74 Å². The standard InChI is InChI=1S/C29H37N3O4/c1-8-17-29(19-31(2,3)4,20-32(5,6)7)26(27(33)34)30-28(35)36-18-25-23-15-11-9-13-21(23)22-14-10-12-16-24(22)25/h9-16,25-26H,18-20H2,1-7H3/p+2/t26-/m0/s1. The fraction of sp³-hybridized carbons (Fsp3) is 0.448. The first-order chi connectivity index (χ1) is 16.8. The molecule has 7 nitrogen and oxygen atoms in total. The summed E-state index contributed by atoms with van der Waals surface area (Å²) in [4.78, 5) is 25.6. The molecule has 0 unspecified atom stereocenters. The minimum Gasteiger partial charge on any atom is -0.480 e. The van der Waals surface area contributed by atoms with Crippen LogP contribution in [0.4, 0.5) is 4.79 Å². The molecule has 0 saturated heterocycles. The summed E-state index contributed by atoms with van der Waals surface area (Å²) in [5.41, 5.74) is 3.45. The van der Waals surface area contributed by atoms with Gasteiger partial charge in [0.25, 0.3) is 0 Å². The Hall–Kier alpha value is -3.34. The predicted molar refractivity (Wildman–Crippen MR) is 141 cm³/mol. The van der Waals surface area contributed by atoms with Crippen molar-refractivity contribution in [2.24, 2.45) is 5.41 Å². The van der Waals surface area contributed by atoms with Gasteiger partial charge in [-0.05, 0) is 29.2 Å². The van der Waals surface area contributed by atoms with Crippen molar-refractivity contribution in [2.75, 3.05) is 62.0 Å². The maximum Gasteiger partial charge on any atom is 0.407 e. The molecule has 0 saturated carbocycles. The number of carboxylic acid groups (broad SMARTS) is 1. The number of fused-ring (bicyclic) bond motifs is 3. The molecule has 0 aromatic heterocycles. The first-order valence-electron chi connectivity index (χ1n) is 12.2. The molecule has 0 spiro atoms. The molecular formula is C29H39N3O4+2. The van der Waals surface area contributed by atoms with Crippen LogP contribution in [0.1, 0.15) is 24.0 Å². The van der Waals surface area contributed by atoms with E-state index in [2.05, 4.69) is 29.3 Å². The molecule has 2 N–H and O–H groups in total. The second kappa shape index (κ2) is 10.3. The normalized spacial score (nSPS) is 14.2. The van der Waals surface area contributed by atoms with E-state index in [9.17, 15) is 14.7 Å². The lowest BCUT2D eigenvalue weighted by atomic mass is 9.78. The number of nitrogens with one attached hydrogen (secondary N) is 1. The molecule has 1 amide bonds.